The summed E-state index contributed by atoms with van der Waals surface area (Å²) in [5, 5.41) is 0. The molecule has 2 unspecified atom stereocenters. The summed E-state index contributed by atoms with van der Waals surface area (Å²) < 4.78 is 13.0. The summed E-state index contributed by atoms with van der Waals surface area (Å²) in [6.45, 7) is 14.1. The Morgan fingerprint density at radius 2 is 1.19 bits per heavy atom. The van der Waals surface area contributed by atoms with Gasteiger partial charge in [0.1, 0.15) is 5.76 Å². The molecule has 0 aliphatic heterocycles. The van der Waals surface area contributed by atoms with Crippen LogP contribution in [0.3, 0.4) is 0 Å². The predicted octanol–water partition coefficient (Wildman–Crippen LogP) is 10.2. The summed E-state index contributed by atoms with van der Waals surface area (Å²) in [6.07, 6.45) is 15.9. The topological polar surface area (TPSA) is 18.5 Å². The van der Waals surface area contributed by atoms with Crippen molar-refractivity contribution in [2.75, 3.05) is 14.2 Å². The Hall–Kier alpha value is -1.54. The molecule has 2 fully saturated rings. The second kappa shape index (κ2) is 12.5. The molecular formula is C35H54O2. The summed E-state index contributed by atoms with van der Waals surface area (Å²) in [5.74, 6) is 4.04. The van der Waals surface area contributed by atoms with E-state index < -0.39 is 0 Å². The maximum absolute atomic E-state index is 6.63. The highest BCUT2D eigenvalue weighted by atomic mass is 16.5. The van der Waals surface area contributed by atoms with Crippen molar-refractivity contribution < 1.29 is 9.47 Å². The molecule has 37 heavy (non-hydrogen) atoms. The van der Waals surface area contributed by atoms with Gasteiger partial charge in [0.05, 0.1) is 13.2 Å². The van der Waals surface area contributed by atoms with Crippen molar-refractivity contribution in [3.05, 3.63) is 57.4 Å². The Kier molecular flexibility index (Phi) is 9.65. The second-order valence-electron chi connectivity index (χ2n) is 13.0. The third-order valence-corrected chi connectivity index (χ3v) is 9.58. The highest BCUT2D eigenvalue weighted by molar-refractivity contribution is 5.53. The molecule has 2 heteroatoms. The molecule has 3 aliphatic carbocycles. The van der Waals surface area contributed by atoms with Gasteiger partial charge >= 0.3 is 0 Å². The van der Waals surface area contributed by atoms with Crippen LogP contribution < -0.4 is 0 Å². The molecule has 2 nitrogen and oxygen atoms in total. The van der Waals surface area contributed by atoms with Crippen LogP contribution in [0.25, 0.3) is 0 Å². The number of hydrogen-bond acceptors (Lipinski definition) is 2. The van der Waals surface area contributed by atoms with E-state index in [1.54, 1.807) is 5.57 Å². The zero-order valence-electron chi connectivity index (χ0n) is 25.2. The van der Waals surface area contributed by atoms with E-state index in [1.807, 2.05) is 14.2 Å². The molecule has 0 radical (unpaired) electrons. The van der Waals surface area contributed by atoms with Gasteiger partial charge in [0, 0.05) is 13.0 Å². The molecule has 0 amide bonds. The Morgan fingerprint density at radius 3 is 1.62 bits per heavy atom. The number of methoxy groups -OCH3 is 2. The fraction of sp³-hybridized carbons (Fsp3) is 0.714. The smallest absolute Gasteiger partial charge is 0.119 e. The molecule has 4 rings (SSSR count). The van der Waals surface area contributed by atoms with Gasteiger partial charge in [-0.15, -0.1) is 0 Å². The number of hydrogen-bond donors (Lipinski definition) is 0. The van der Waals surface area contributed by atoms with Gasteiger partial charge < -0.3 is 9.47 Å². The zero-order valence-corrected chi connectivity index (χ0v) is 25.2. The van der Waals surface area contributed by atoms with Crippen LogP contribution in [0.2, 0.25) is 0 Å². The quantitative estimate of drug-likeness (QED) is 0.349. The summed E-state index contributed by atoms with van der Waals surface area (Å²) in [5.41, 5.74) is 9.11. The fourth-order valence-electron chi connectivity index (χ4n) is 7.61. The molecule has 1 aromatic carbocycles. The third-order valence-electron chi connectivity index (χ3n) is 9.58. The van der Waals surface area contributed by atoms with E-state index in [0.29, 0.717) is 29.6 Å². The normalized spacial score (nSPS) is 24.4. The number of allylic oxidation sites excluding steroid dienone is 1. The van der Waals surface area contributed by atoms with E-state index in [2.05, 4.69) is 59.8 Å². The highest BCUT2D eigenvalue weighted by Gasteiger charge is 2.41. The van der Waals surface area contributed by atoms with Crippen molar-refractivity contribution in [1.29, 1.82) is 0 Å². The van der Waals surface area contributed by atoms with Gasteiger partial charge in [-0.25, -0.2) is 0 Å². The Bertz CT molecular complexity index is 938. The molecule has 0 heterocycles. The van der Waals surface area contributed by atoms with Crippen LogP contribution in [-0.2, 0) is 9.47 Å². The van der Waals surface area contributed by atoms with Crippen LogP contribution in [0.1, 0.15) is 152 Å². The number of benzene rings is 1. The molecule has 0 N–H and O–H groups in total. The van der Waals surface area contributed by atoms with E-state index >= 15 is 0 Å². The Labute approximate surface area is 228 Å². The largest absolute Gasteiger partial charge is 0.497 e. The van der Waals surface area contributed by atoms with E-state index in [4.69, 9.17) is 9.47 Å². The van der Waals surface area contributed by atoms with E-state index in [9.17, 15) is 0 Å². The molecule has 206 valence electrons. The van der Waals surface area contributed by atoms with Crippen LogP contribution in [0.5, 0.6) is 0 Å². The van der Waals surface area contributed by atoms with Gasteiger partial charge in [0.2, 0.25) is 0 Å². The SMILES string of the molecule is COC1=CC(c2c(C(C)C)cc(C(C)C)cc2C(C)C)C(OC)C(C2CCCCC2)=C1C1CCCCC1. The van der Waals surface area contributed by atoms with Crippen molar-refractivity contribution in [2.45, 2.75) is 136 Å². The molecule has 0 saturated heterocycles. The zero-order chi connectivity index (χ0) is 26.7. The average Bonchev–Trinajstić information content (AvgIpc) is 2.91. The molecule has 2 atom stereocenters. The van der Waals surface area contributed by atoms with Gasteiger partial charge in [-0.05, 0) is 94.7 Å². The number of ether oxygens (including phenoxy) is 2. The minimum Gasteiger partial charge on any atom is -0.497 e. The Morgan fingerprint density at radius 1 is 0.676 bits per heavy atom. The molecule has 1 aromatic rings. The first-order chi connectivity index (χ1) is 17.8. The van der Waals surface area contributed by atoms with Crippen molar-refractivity contribution in [3.63, 3.8) is 0 Å². The first-order valence-electron chi connectivity index (χ1n) is 15.5. The van der Waals surface area contributed by atoms with Crippen LogP contribution in [-0.4, -0.2) is 20.3 Å². The van der Waals surface area contributed by atoms with Crippen molar-refractivity contribution in [2.24, 2.45) is 11.8 Å². The molecule has 2 saturated carbocycles. The highest BCUT2D eigenvalue weighted by Crippen LogP contribution is 2.51. The van der Waals surface area contributed by atoms with Crippen LogP contribution >= 0.6 is 0 Å². The summed E-state index contributed by atoms with van der Waals surface area (Å²) >= 11 is 0. The van der Waals surface area contributed by atoms with Crippen LogP contribution in [0.4, 0.5) is 0 Å². The first kappa shape index (κ1) is 28.5. The standard InChI is InChI=1S/C35H54O2/c1-22(2)27-19-28(23(3)4)34(29(20-27)24(5)6)30-21-31(36-7)32(25-15-11-9-12-16-25)33(35(30)37-8)26-17-13-10-14-18-26/h19-26,30,35H,9-18H2,1-8H3. The average molecular weight is 507 g/mol. The minimum atomic E-state index is 0.0961. The maximum Gasteiger partial charge on any atom is 0.119 e. The van der Waals surface area contributed by atoms with Gasteiger partial charge in [0.25, 0.3) is 0 Å². The van der Waals surface area contributed by atoms with Gasteiger partial charge in [-0.1, -0.05) is 92.2 Å². The van der Waals surface area contributed by atoms with Gasteiger partial charge in [-0.3, -0.25) is 0 Å². The van der Waals surface area contributed by atoms with Gasteiger partial charge in [0.15, 0.2) is 0 Å². The third kappa shape index (κ3) is 5.90. The summed E-state index contributed by atoms with van der Waals surface area (Å²) in [7, 11) is 3.88. The van der Waals surface area contributed by atoms with Crippen LogP contribution in [0.15, 0.2) is 35.1 Å². The van der Waals surface area contributed by atoms with Crippen molar-refractivity contribution in [3.8, 4) is 0 Å². The lowest BCUT2D eigenvalue weighted by Crippen LogP contribution is -2.35. The van der Waals surface area contributed by atoms with E-state index in [0.717, 1.165) is 5.76 Å². The predicted molar refractivity (Wildman–Crippen MR) is 158 cm³/mol. The monoisotopic (exact) mass is 506 g/mol. The van der Waals surface area contributed by atoms with E-state index in [1.165, 1.54) is 92.0 Å². The second-order valence-corrected chi connectivity index (χ2v) is 13.0. The minimum absolute atomic E-state index is 0.0961. The molecule has 0 spiro atoms. The van der Waals surface area contributed by atoms with E-state index in [-0.39, 0.29) is 12.0 Å². The molecule has 0 aromatic heterocycles. The van der Waals surface area contributed by atoms with Crippen molar-refractivity contribution in [1.82, 2.24) is 0 Å². The lowest BCUT2D eigenvalue weighted by atomic mass is 9.66. The first-order valence-corrected chi connectivity index (χ1v) is 15.5. The fourth-order valence-corrected chi connectivity index (χ4v) is 7.61. The summed E-state index contributed by atoms with van der Waals surface area (Å²) in [4.78, 5) is 0. The molecule has 3 aliphatic rings. The summed E-state index contributed by atoms with van der Waals surface area (Å²) in [6, 6.07) is 5.01. The number of rotatable bonds is 8. The molecular weight excluding hydrogens is 452 g/mol. The van der Waals surface area contributed by atoms with Crippen LogP contribution in [0, 0.1) is 11.8 Å². The lowest BCUT2D eigenvalue weighted by Gasteiger charge is -2.42. The maximum atomic E-state index is 6.63. The lowest BCUT2D eigenvalue weighted by molar-refractivity contribution is 0.0972. The van der Waals surface area contributed by atoms with Gasteiger partial charge in [-0.2, -0.15) is 0 Å². The van der Waals surface area contributed by atoms with Crippen molar-refractivity contribution >= 4 is 0 Å². The molecule has 0 bridgehead atoms. The Balaban J connectivity index is 1.95.